The van der Waals surface area contributed by atoms with Crippen LogP contribution in [0.1, 0.15) is 39.8 Å². The molecular weight excluding hydrogens is 484 g/mol. The zero-order valence-electron chi connectivity index (χ0n) is 22.3. The van der Waals surface area contributed by atoms with E-state index in [1.54, 1.807) is 7.11 Å². The molecular formula is C34H30N2O3. The lowest BCUT2D eigenvalue weighted by Gasteiger charge is -2.47. The summed E-state index contributed by atoms with van der Waals surface area (Å²) < 4.78 is 12.2. The third kappa shape index (κ3) is 3.80. The zero-order valence-corrected chi connectivity index (χ0v) is 22.3. The fourth-order valence-corrected chi connectivity index (χ4v) is 6.37. The highest BCUT2D eigenvalue weighted by Crippen LogP contribution is 2.53. The van der Waals surface area contributed by atoms with Gasteiger partial charge in [-0.15, -0.1) is 0 Å². The monoisotopic (exact) mass is 514 g/mol. The molecule has 0 radical (unpaired) electrons. The quantitative estimate of drug-likeness (QED) is 0.270. The fourth-order valence-electron chi connectivity index (χ4n) is 6.37. The topological polar surface area (TPSA) is 54.7 Å². The lowest BCUT2D eigenvalue weighted by atomic mass is 9.70. The minimum Gasteiger partial charge on any atom is -0.497 e. The summed E-state index contributed by atoms with van der Waals surface area (Å²) in [4.78, 5) is 16.5. The molecule has 0 saturated heterocycles. The molecule has 3 atom stereocenters. The Morgan fingerprint density at radius 2 is 1.67 bits per heavy atom. The number of hydrogen-bond donors (Lipinski definition) is 1. The lowest BCUT2D eigenvalue weighted by Crippen LogP contribution is -2.45. The molecule has 5 heteroatoms. The maximum atomic E-state index is 14.3. The summed E-state index contributed by atoms with van der Waals surface area (Å²) in [6, 6.07) is 30.9. The number of nitrogens with one attached hydrogen (secondary N) is 1. The maximum Gasteiger partial charge on any atom is 0.209 e. The Morgan fingerprint density at radius 3 is 2.44 bits per heavy atom. The molecule has 4 aromatic carbocycles. The van der Waals surface area contributed by atoms with Gasteiger partial charge in [-0.3, -0.25) is 4.79 Å². The predicted octanol–water partition coefficient (Wildman–Crippen LogP) is 7.49. The van der Waals surface area contributed by atoms with Crippen molar-refractivity contribution in [3.63, 3.8) is 0 Å². The number of hydrogen-bond acceptors (Lipinski definition) is 5. The van der Waals surface area contributed by atoms with Crippen molar-refractivity contribution in [2.45, 2.75) is 25.8 Å². The van der Waals surface area contributed by atoms with Crippen LogP contribution in [0.2, 0.25) is 0 Å². The van der Waals surface area contributed by atoms with Gasteiger partial charge in [-0.1, -0.05) is 59.7 Å². The molecule has 2 aliphatic rings. The molecule has 0 spiro atoms. The average molecular weight is 515 g/mol. The van der Waals surface area contributed by atoms with Gasteiger partial charge in [0.25, 0.3) is 0 Å². The summed E-state index contributed by atoms with van der Waals surface area (Å²) in [5.41, 5.74) is 7.97. The molecule has 1 aromatic heterocycles. The van der Waals surface area contributed by atoms with E-state index >= 15 is 0 Å². The Morgan fingerprint density at radius 1 is 0.897 bits per heavy atom. The van der Waals surface area contributed by atoms with Crippen molar-refractivity contribution in [3.8, 4) is 5.75 Å². The summed E-state index contributed by atoms with van der Waals surface area (Å²) >= 11 is 0. The van der Waals surface area contributed by atoms with E-state index in [9.17, 15) is 4.79 Å². The van der Waals surface area contributed by atoms with Crippen molar-refractivity contribution in [2.24, 2.45) is 5.92 Å². The number of fused-ring (bicyclic) bond motifs is 5. The molecule has 0 aliphatic carbocycles. The molecule has 0 amide bonds. The minimum atomic E-state index is -0.214. The van der Waals surface area contributed by atoms with Crippen LogP contribution in [0.25, 0.3) is 11.0 Å². The van der Waals surface area contributed by atoms with Gasteiger partial charge >= 0.3 is 0 Å². The standard InChI is InChI=1S/C34H30N2O3/c1-20-9-12-23(13-10-20)36-19-27-30(22-7-5-4-6-8-22)25-18-24(38-3)14-15-28(25)35-32(27)31-33(37)26-17-21(2)11-16-29(26)39-34(31)36/h4-18,27,30,32,35H,19H2,1-3H3/t27-,30+,32-/m0/s1. The predicted molar refractivity (Wildman–Crippen MR) is 157 cm³/mol. The highest BCUT2D eigenvalue weighted by Gasteiger charge is 2.46. The summed E-state index contributed by atoms with van der Waals surface area (Å²) in [5.74, 6) is 1.56. The Hall–Kier alpha value is -4.51. The number of methoxy groups -OCH3 is 1. The van der Waals surface area contributed by atoms with Crippen LogP contribution in [0.15, 0.2) is 100 Å². The van der Waals surface area contributed by atoms with Crippen LogP contribution in [0.3, 0.4) is 0 Å². The highest BCUT2D eigenvalue weighted by molar-refractivity contribution is 5.82. The second-order valence-corrected chi connectivity index (χ2v) is 10.7. The molecule has 194 valence electrons. The van der Waals surface area contributed by atoms with Gasteiger partial charge in [0.15, 0.2) is 5.43 Å². The Balaban J connectivity index is 1.51. The largest absolute Gasteiger partial charge is 0.497 e. The van der Waals surface area contributed by atoms with Gasteiger partial charge in [0.2, 0.25) is 5.88 Å². The summed E-state index contributed by atoms with van der Waals surface area (Å²) in [6.07, 6.45) is 0. The second kappa shape index (κ2) is 9.05. The third-order valence-electron chi connectivity index (χ3n) is 8.28. The first kappa shape index (κ1) is 23.6. The van der Waals surface area contributed by atoms with Crippen LogP contribution < -0.4 is 20.4 Å². The maximum absolute atomic E-state index is 14.3. The zero-order chi connectivity index (χ0) is 26.7. The molecule has 2 aliphatic heterocycles. The SMILES string of the molecule is COc1ccc2c(c1)[C@@H](c1ccccc1)[C@@H]1CN(c3ccc(C)cc3)c3oc4ccc(C)cc4c(=O)c3[C@H]1N2. The molecule has 1 N–H and O–H groups in total. The molecule has 5 aromatic rings. The fraction of sp³-hybridized carbons (Fsp3) is 0.206. The van der Waals surface area contributed by atoms with Gasteiger partial charge in [0.05, 0.1) is 24.1 Å². The van der Waals surface area contributed by atoms with E-state index in [2.05, 4.69) is 77.8 Å². The van der Waals surface area contributed by atoms with E-state index in [1.165, 1.54) is 16.7 Å². The first-order valence-corrected chi connectivity index (χ1v) is 13.4. The van der Waals surface area contributed by atoms with E-state index in [0.29, 0.717) is 29.0 Å². The molecule has 3 heterocycles. The molecule has 5 nitrogen and oxygen atoms in total. The first-order chi connectivity index (χ1) is 19.0. The van der Waals surface area contributed by atoms with Gasteiger partial charge in [0.1, 0.15) is 11.3 Å². The van der Waals surface area contributed by atoms with Crippen molar-refractivity contribution in [1.82, 2.24) is 0 Å². The molecule has 0 fully saturated rings. The van der Waals surface area contributed by atoms with Crippen LogP contribution >= 0.6 is 0 Å². The van der Waals surface area contributed by atoms with Crippen molar-refractivity contribution in [3.05, 3.63) is 129 Å². The average Bonchev–Trinajstić information content (AvgIpc) is 2.96. The molecule has 0 bridgehead atoms. The van der Waals surface area contributed by atoms with Gasteiger partial charge < -0.3 is 19.4 Å². The number of anilines is 3. The Labute approximate surface area is 227 Å². The smallest absolute Gasteiger partial charge is 0.209 e. The molecule has 0 saturated carbocycles. The Kier molecular flexibility index (Phi) is 5.48. The molecule has 7 rings (SSSR count). The van der Waals surface area contributed by atoms with E-state index in [-0.39, 0.29) is 23.3 Å². The van der Waals surface area contributed by atoms with Gasteiger partial charge in [-0.05, 0) is 67.4 Å². The van der Waals surface area contributed by atoms with Crippen molar-refractivity contribution in [1.29, 1.82) is 0 Å². The normalized spacial score (nSPS) is 19.6. The van der Waals surface area contributed by atoms with Gasteiger partial charge in [-0.25, -0.2) is 0 Å². The number of ether oxygens (including phenoxy) is 1. The first-order valence-electron chi connectivity index (χ1n) is 13.4. The lowest BCUT2D eigenvalue weighted by molar-refractivity contribution is 0.364. The van der Waals surface area contributed by atoms with Crippen LogP contribution in [0.4, 0.5) is 17.3 Å². The van der Waals surface area contributed by atoms with Gasteiger partial charge in [0, 0.05) is 29.8 Å². The van der Waals surface area contributed by atoms with Crippen molar-refractivity contribution in [2.75, 3.05) is 23.9 Å². The van der Waals surface area contributed by atoms with Gasteiger partial charge in [-0.2, -0.15) is 0 Å². The molecule has 39 heavy (non-hydrogen) atoms. The highest BCUT2D eigenvalue weighted by atomic mass is 16.5. The van der Waals surface area contributed by atoms with Crippen molar-refractivity contribution >= 4 is 28.2 Å². The number of benzene rings is 4. The van der Waals surface area contributed by atoms with E-state index in [4.69, 9.17) is 9.15 Å². The molecule has 0 unspecified atom stereocenters. The number of rotatable bonds is 3. The number of nitrogens with zero attached hydrogens (tertiary/aromatic N) is 1. The van der Waals surface area contributed by atoms with Crippen LogP contribution in [0, 0.1) is 19.8 Å². The van der Waals surface area contributed by atoms with E-state index in [1.807, 2.05) is 37.3 Å². The van der Waals surface area contributed by atoms with Crippen LogP contribution in [-0.2, 0) is 0 Å². The van der Waals surface area contributed by atoms with E-state index < -0.39 is 0 Å². The number of aryl methyl sites for hydroxylation is 2. The summed E-state index contributed by atoms with van der Waals surface area (Å²) in [7, 11) is 1.70. The van der Waals surface area contributed by atoms with Crippen LogP contribution in [-0.4, -0.2) is 13.7 Å². The second-order valence-electron chi connectivity index (χ2n) is 10.7. The van der Waals surface area contributed by atoms with Crippen LogP contribution in [0.5, 0.6) is 5.75 Å². The Bertz CT molecular complexity index is 1760. The summed E-state index contributed by atoms with van der Waals surface area (Å²) in [6.45, 7) is 4.78. The van der Waals surface area contributed by atoms with Crippen molar-refractivity contribution < 1.29 is 9.15 Å². The summed E-state index contributed by atoms with van der Waals surface area (Å²) in [5, 5.41) is 4.39. The third-order valence-corrected chi connectivity index (χ3v) is 8.28. The minimum absolute atomic E-state index is 0.0260. The van der Waals surface area contributed by atoms with E-state index in [0.717, 1.165) is 22.7 Å².